The third kappa shape index (κ3) is 4.65. The maximum atomic E-state index is 12.8. The molecule has 30 heavy (non-hydrogen) atoms. The molecular formula is C22H29N3O4S. The van der Waals surface area contributed by atoms with Crippen LogP contribution in [0, 0.1) is 26.7 Å². The number of likely N-dealkylation sites (tertiary alicyclic amines) is 1. The number of rotatable bonds is 5. The Balaban J connectivity index is 1.60. The zero-order chi connectivity index (χ0) is 22.1. The number of benzene rings is 1. The summed E-state index contributed by atoms with van der Waals surface area (Å²) >= 11 is 0. The van der Waals surface area contributed by atoms with E-state index in [0.29, 0.717) is 37.4 Å². The number of carbonyl (C=O) groups is 1. The standard InChI is InChI=1S/C22H29N3O4S/c1-15-12-17(3)20(13-16(15)2)30(28,29)23-14-18-7-10-25(11-8-18)22(27)19-6-5-9-24(4)21(19)26/h5-6,9,12-13,18,23H,7-8,10-11,14H2,1-4H3. The van der Waals surface area contributed by atoms with Crippen molar-refractivity contribution in [2.24, 2.45) is 13.0 Å². The molecule has 0 spiro atoms. The molecule has 162 valence electrons. The quantitative estimate of drug-likeness (QED) is 0.786. The van der Waals surface area contributed by atoms with Crippen LogP contribution in [-0.2, 0) is 17.1 Å². The van der Waals surface area contributed by atoms with Gasteiger partial charge in [0.1, 0.15) is 5.56 Å². The average Bonchev–Trinajstić information content (AvgIpc) is 2.71. The topological polar surface area (TPSA) is 88.5 Å². The summed E-state index contributed by atoms with van der Waals surface area (Å²) in [5, 5.41) is 0. The van der Waals surface area contributed by atoms with E-state index in [9.17, 15) is 18.0 Å². The molecule has 8 heteroatoms. The zero-order valence-electron chi connectivity index (χ0n) is 17.9. The van der Waals surface area contributed by atoms with Gasteiger partial charge in [0.25, 0.3) is 11.5 Å². The van der Waals surface area contributed by atoms with Crippen LogP contribution in [0.5, 0.6) is 0 Å². The van der Waals surface area contributed by atoms with Crippen LogP contribution >= 0.6 is 0 Å². The molecule has 1 saturated heterocycles. The highest BCUT2D eigenvalue weighted by Gasteiger charge is 2.27. The molecule has 0 radical (unpaired) electrons. The van der Waals surface area contributed by atoms with Crippen molar-refractivity contribution in [1.29, 1.82) is 0 Å². The number of hydrogen-bond acceptors (Lipinski definition) is 4. The largest absolute Gasteiger partial charge is 0.338 e. The van der Waals surface area contributed by atoms with Gasteiger partial charge in [-0.15, -0.1) is 0 Å². The van der Waals surface area contributed by atoms with E-state index >= 15 is 0 Å². The molecule has 0 saturated carbocycles. The summed E-state index contributed by atoms with van der Waals surface area (Å²) in [5.41, 5.74) is 2.61. The summed E-state index contributed by atoms with van der Waals surface area (Å²) in [5.74, 6) is -0.115. The Kier molecular flexibility index (Phi) is 6.47. The van der Waals surface area contributed by atoms with Gasteiger partial charge in [-0.05, 0) is 74.4 Å². The highest BCUT2D eigenvalue weighted by molar-refractivity contribution is 7.89. The fraction of sp³-hybridized carbons (Fsp3) is 0.455. The maximum absolute atomic E-state index is 12.8. The predicted molar refractivity (Wildman–Crippen MR) is 116 cm³/mol. The van der Waals surface area contributed by atoms with Crippen molar-refractivity contribution in [2.75, 3.05) is 19.6 Å². The summed E-state index contributed by atoms with van der Waals surface area (Å²) in [6.45, 7) is 7.02. The maximum Gasteiger partial charge on any atom is 0.263 e. The van der Waals surface area contributed by atoms with Gasteiger partial charge in [0, 0.05) is 32.9 Å². The van der Waals surface area contributed by atoms with Gasteiger partial charge in [0.05, 0.1) is 4.90 Å². The minimum Gasteiger partial charge on any atom is -0.338 e. The molecule has 3 rings (SSSR count). The number of nitrogens with one attached hydrogen (secondary N) is 1. The number of carbonyl (C=O) groups excluding carboxylic acids is 1. The second-order valence-corrected chi connectivity index (χ2v) is 9.86. The fourth-order valence-electron chi connectivity index (χ4n) is 3.80. The van der Waals surface area contributed by atoms with Gasteiger partial charge < -0.3 is 9.47 Å². The third-order valence-corrected chi connectivity index (χ3v) is 7.46. The van der Waals surface area contributed by atoms with E-state index in [2.05, 4.69) is 4.72 Å². The molecule has 1 fully saturated rings. The number of hydrogen-bond donors (Lipinski definition) is 1. The second kappa shape index (κ2) is 8.73. The number of aryl methyl sites for hydroxylation is 4. The van der Waals surface area contributed by atoms with Crippen LogP contribution in [-0.4, -0.2) is 43.4 Å². The lowest BCUT2D eigenvalue weighted by molar-refractivity contribution is 0.0689. The van der Waals surface area contributed by atoms with Gasteiger partial charge in [-0.2, -0.15) is 0 Å². The van der Waals surface area contributed by atoms with Gasteiger partial charge in [0.2, 0.25) is 10.0 Å². The first kappa shape index (κ1) is 22.2. The number of sulfonamides is 1. The number of piperidine rings is 1. The zero-order valence-corrected chi connectivity index (χ0v) is 18.8. The van der Waals surface area contributed by atoms with E-state index in [1.54, 1.807) is 43.3 Å². The minimum atomic E-state index is -3.59. The van der Waals surface area contributed by atoms with E-state index in [4.69, 9.17) is 0 Å². The lowest BCUT2D eigenvalue weighted by Gasteiger charge is -2.32. The van der Waals surface area contributed by atoms with Crippen LogP contribution in [0.4, 0.5) is 0 Å². The van der Waals surface area contributed by atoms with E-state index < -0.39 is 10.0 Å². The summed E-state index contributed by atoms with van der Waals surface area (Å²) in [6.07, 6.45) is 3.00. The summed E-state index contributed by atoms with van der Waals surface area (Å²) in [6, 6.07) is 6.85. The van der Waals surface area contributed by atoms with Gasteiger partial charge in [-0.1, -0.05) is 6.07 Å². The van der Waals surface area contributed by atoms with Crippen molar-refractivity contribution in [2.45, 2.75) is 38.5 Å². The molecule has 0 atom stereocenters. The molecule has 1 aromatic carbocycles. The van der Waals surface area contributed by atoms with Gasteiger partial charge in [0.15, 0.2) is 0 Å². The lowest BCUT2D eigenvalue weighted by Crippen LogP contribution is -2.43. The smallest absolute Gasteiger partial charge is 0.263 e. The Labute approximate surface area is 177 Å². The van der Waals surface area contributed by atoms with Crippen molar-refractivity contribution in [3.63, 3.8) is 0 Å². The summed E-state index contributed by atoms with van der Waals surface area (Å²) in [7, 11) is -1.97. The average molecular weight is 432 g/mol. The summed E-state index contributed by atoms with van der Waals surface area (Å²) in [4.78, 5) is 26.8. The minimum absolute atomic E-state index is 0.147. The predicted octanol–water partition coefficient (Wildman–Crippen LogP) is 2.14. The molecule has 1 aliphatic heterocycles. The van der Waals surface area contributed by atoms with Crippen LogP contribution in [0.3, 0.4) is 0 Å². The monoisotopic (exact) mass is 431 g/mol. The normalized spacial score (nSPS) is 15.4. The Morgan fingerprint density at radius 2 is 1.73 bits per heavy atom. The first-order valence-corrected chi connectivity index (χ1v) is 11.6. The molecule has 0 unspecified atom stereocenters. The molecule has 1 aliphatic rings. The molecule has 0 aliphatic carbocycles. The SMILES string of the molecule is Cc1cc(C)c(S(=O)(=O)NCC2CCN(C(=O)c3cccn(C)c3=O)CC2)cc1C. The van der Waals surface area contributed by atoms with Crippen LogP contribution in [0.15, 0.2) is 40.2 Å². The summed E-state index contributed by atoms with van der Waals surface area (Å²) < 4.78 is 29.7. The Bertz CT molecular complexity index is 1110. The van der Waals surface area contributed by atoms with Crippen molar-refractivity contribution in [3.8, 4) is 0 Å². The lowest BCUT2D eigenvalue weighted by atomic mass is 9.97. The van der Waals surface area contributed by atoms with Crippen LogP contribution in [0.25, 0.3) is 0 Å². The Morgan fingerprint density at radius 1 is 1.10 bits per heavy atom. The molecule has 2 heterocycles. The van der Waals surface area contributed by atoms with Crippen molar-refractivity contribution < 1.29 is 13.2 Å². The van der Waals surface area contributed by atoms with Gasteiger partial charge >= 0.3 is 0 Å². The number of pyridine rings is 1. The van der Waals surface area contributed by atoms with Crippen molar-refractivity contribution >= 4 is 15.9 Å². The number of aromatic nitrogens is 1. The highest BCUT2D eigenvalue weighted by Crippen LogP contribution is 2.22. The molecule has 1 N–H and O–H groups in total. The molecule has 0 bridgehead atoms. The Hall–Kier alpha value is -2.45. The third-order valence-electron chi connectivity index (χ3n) is 5.90. The molecule has 1 amide bonds. The fourth-order valence-corrected chi connectivity index (χ4v) is 5.22. The van der Waals surface area contributed by atoms with E-state index in [1.165, 1.54) is 4.57 Å². The van der Waals surface area contributed by atoms with E-state index in [0.717, 1.165) is 16.7 Å². The highest BCUT2D eigenvalue weighted by atomic mass is 32.2. The van der Waals surface area contributed by atoms with Crippen molar-refractivity contribution in [3.05, 3.63) is 63.1 Å². The second-order valence-electron chi connectivity index (χ2n) is 8.13. The van der Waals surface area contributed by atoms with Gasteiger partial charge in [-0.3, -0.25) is 9.59 Å². The number of amides is 1. The van der Waals surface area contributed by atoms with E-state index in [-0.39, 0.29) is 22.9 Å². The number of nitrogens with zero attached hydrogens (tertiary/aromatic N) is 2. The first-order chi connectivity index (χ1) is 14.1. The molecule has 1 aromatic heterocycles. The van der Waals surface area contributed by atoms with Crippen LogP contribution in [0.1, 0.15) is 39.9 Å². The van der Waals surface area contributed by atoms with Gasteiger partial charge in [-0.25, -0.2) is 13.1 Å². The van der Waals surface area contributed by atoms with Crippen molar-refractivity contribution in [1.82, 2.24) is 14.2 Å². The Morgan fingerprint density at radius 3 is 2.40 bits per heavy atom. The molecular weight excluding hydrogens is 402 g/mol. The molecule has 2 aromatic rings. The van der Waals surface area contributed by atoms with Crippen LogP contribution < -0.4 is 10.3 Å². The molecule has 7 nitrogen and oxygen atoms in total. The first-order valence-electron chi connectivity index (χ1n) is 10.1. The van der Waals surface area contributed by atoms with E-state index in [1.807, 2.05) is 19.9 Å². The van der Waals surface area contributed by atoms with Crippen LogP contribution in [0.2, 0.25) is 0 Å².